The maximum Gasteiger partial charge on any atom is 0.344 e. The van der Waals surface area contributed by atoms with Crippen molar-refractivity contribution in [2.24, 2.45) is 10.9 Å². The number of carbonyl (C=O) groups excluding carboxylic acids is 1. The van der Waals surface area contributed by atoms with E-state index in [-0.39, 0.29) is 13.2 Å². The number of nitrogens with two attached hydrogens (primary N) is 1. The van der Waals surface area contributed by atoms with Gasteiger partial charge in [-0.2, -0.15) is 5.06 Å². The number of carbonyl (C=O) groups is 1. The lowest BCUT2D eigenvalue weighted by atomic mass is 10.2. The molecular formula is C16H13Cl4N3O3. The molecule has 0 heterocycles. The number of hydrogen-bond acceptors (Lipinski definition) is 4. The van der Waals surface area contributed by atoms with Gasteiger partial charge in [0.2, 0.25) is 0 Å². The van der Waals surface area contributed by atoms with E-state index in [2.05, 4.69) is 5.16 Å². The van der Waals surface area contributed by atoms with Gasteiger partial charge in [0.05, 0.1) is 0 Å². The monoisotopic (exact) mass is 435 g/mol. The Kier molecular flexibility index (Phi) is 7.81. The van der Waals surface area contributed by atoms with Crippen molar-refractivity contribution in [3.05, 3.63) is 67.6 Å². The molecule has 0 unspecified atom stereocenters. The summed E-state index contributed by atoms with van der Waals surface area (Å²) in [4.78, 5) is 21.8. The highest BCUT2D eigenvalue weighted by atomic mass is 35.5. The van der Waals surface area contributed by atoms with Gasteiger partial charge in [-0.1, -0.05) is 63.7 Å². The van der Waals surface area contributed by atoms with Gasteiger partial charge in [-0.25, -0.2) is 4.79 Å². The molecule has 138 valence electrons. The summed E-state index contributed by atoms with van der Waals surface area (Å²) < 4.78 is 0. The molecule has 0 aliphatic carbocycles. The van der Waals surface area contributed by atoms with Crippen molar-refractivity contribution >= 4 is 58.8 Å². The highest BCUT2D eigenvalue weighted by Gasteiger charge is 2.12. The van der Waals surface area contributed by atoms with Crippen molar-refractivity contribution in [1.82, 2.24) is 5.06 Å². The molecule has 0 aliphatic heterocycles. The summed E-state index contributed by atoms with van der Waals surface area (Å²) in [7, 11) is 0. The number of halogens is 4. The molecule has 0 bridgehead atoms. The first-order valence-corrected chi connectivity index (χ1v) is 8.64. The molecule has 2 aromatic rings. The number of hydroxylamine groups is 2. The second-order valence-corrected chi connectivity index (χ2v) is 6.46. The molecule has 2 rings (SSSR count). The zero-order valence-electron chi connectivity index (χ0n) is 13.2. The van der Waals surface area contributed by atoms with Gasteiger partial charge in [0.1, 0.15) is 13.2 Å². The average molecular weight is 437 g/mol. The van der Waals surface area contributed by atoms with Gasteiger partial charge in [0.15, 0.2) is 6.34 Å². The molecule has 6 nitrogen and oxygen atoms in total. The van der Waals surface area contributed by atoms with Crippen molar-refractivity contribution in [3.63, 3.8) is 0 Å². The third-order valence-corrected chi connectivity index (χ3v) is 4.54. The fourth-order valence-electron chi connectivity index (χ4n) is 1.81. The fourth-order valence-corrected chi connectivity index (χ4v) is 2.82. The quantitative estimate of drug-likeness (QED) is 0.364. The number of rotatable bonds is 7. The summed E-state index contributed by atoms with van der Waals surface area (Å²) in [5.74, 6) is 0. The van der Waals surface area contributed by atoms with Crippen molar-refractivity contribution in [2.45, 2.75) is 13.2 Å². The largest absolute Gasteiger partial charge is 0.390 e. The maximum absolute atomic E-state index is 11.4. The van der Waals surface area contributed by atoms with E-state index in [0.717, 1.165) is 6.34 Å². The number of nitrogens with zero attached hydrogens (tertiary/aromatic N) is 2. The Balaban J connectivity index is 1.95. The minimum atomic E-state index is -0.906. The molecule has 2 amide bonds. The van der Waals surface area contributed by atoms with Gasteiger partial charge in [0.25, 0.3) is 0 Å². The van der Waals surface area contributed by atoms with Crippen LogP contribution in [0.3, 0.4) is 0 Å². The SMILES string of the molecule is NC(=O)N(/C=N/OCc1c(Cl)cccc1Cl)OCc1c(Cl)cccc1Cl. The van der Waals surface area contributed by atoms with E-state index in [9.17, 15) is 4.79 Å². The fraction of sp³-hybridized carbons (Fsp3) is 0.125. The van der Waals surface area contributed by atoms with Crippen molar-refractivity contribution in [2.75, 3.05) is 0 Å². The molecule has 0 saturated carbocycles. The molecule has 0 aromatic heterocycles. The summed E-state index contributed by atoms with van der Waals surface area (Å²) in [5.41, 5.74) is 6.28. The molecule has 0 radical (unpaired) electrons. The predicted octanol–water partition coefficient (Wildman–Crippen LogP) is 5.27. The molecule has 0 aliphatic rings. The minimum Gasteiger partial charge on any atom is -0.390 e. The van der Waals surface area contributed by atoms with Crippen LogP contribution in [0.15, 0.2) is 41.6 Å². The zero-order chi connectivity index (χ0) is 19.1. The average Bonchev–Trinajstić information content (AvgIpc) is 2.58. The lowest BCUT2D eigenvalue weighted by molar-refractivity contribution is -0.0691. The number of urea groups is 1. The Bertz CT molecular complexity index is 777. The van der Waals surface area contributed by atoms with Gasteiger partial charge in [-0.3, -0.25) is 4.84 Å². The van der Waals surface area contributed by atoms with Crippen molar-refractivity contribution < 1.29 is 14.5 Å². The summed E-state index contributed by atoms with van der Waals surface area (Å²) in [6.07, 6.45) is 0.970. The van der Waals surface area contributed by atoms with E-state index < -0.39 is 6.03 Å². The van der Waals surface area contributed by atoms with Crippen LogP contribution in [0, 0.1) is 0 Å². The van der Waals surface area contributed by atoms with E-state index in [4.69, 9.17) is 61.8 Å². The van der Waals surface area contributed by atoms with Crippen LogP contribution in [0.25, 0.3) is 0 Å². The molecule has 26 heavy (non-hydrogen) atoms. The van der Waals surface area contributed by atoms with Crippen LogP contribution >= 0.6 is 46.4 Å². The number of oxime groups is 1. The smallest absolute Gasteiger partial charge is 0.344 e. The molecule has 10 heteroatoms. The third-order valence-electron chi connectivity index (χ3n) is 3.12. The Morgan fingerprint density at radius 3 is 1.88 bits per heavy atom. The molecule has 0 spiro atoms. The van der Waals surface area contributed by atoms with Crippen LogP contribution in [-0.2, 0) is 22.9 Å². The van der Waals surface area contributed by atoms with Gasteiger partial charge < -0.3 is 10.6 Å². The first-order valence-electron chi connectivity index (χ1n) is 7.13. The van der Waals surface area contributed by atoms with E-state index in [1.165, 1.54) is 0 Å². The highest BCUT2D eigenvalue weighted by Crippen LogP contribution is 2.26. The lowest BCUT2D eigenvalue weighted by Gasteiger charge is -2.15. The molecule has 0 saturated heterocycles. The summed E-state index contributed by atoms with van der Waals surface area (Å²) in [5, 5.41) is 5.96. The summed E-state index contributed by atoms with van der Waals surface area (Å²) in [6, 6.07) is 9.12. The molecule has 0 fully saturated rings. The molecular weight excluding hydrogens is 424 g/mol. The van der Waals surface area contributed by atoms with Gasteiger partial charge in [0, 0.05) is 31.2 Å². The lowest BCUT2D eigenvalue weighted by Crippen LogP contribution is -2.34. The second kappa shape index (κ2) is 9.85. The van der Waals surface area contributed by atoms with E-state index in [1.807, 2.05) is 0 Å². The van der Waals surface area contributed by atoms with Crippen LogP contribution < -0.4 is 5.73 Å². The third kappa shape index (κ3) is 5.65. The van der Waals surface area contributed by atoms with Crippen LogP contribution in [0.5, 0.6) is 0 Å². The normalized spacial score (nSPS) is 10.9. The second-order valence-electron chi connectivity index (χ2n) is 4.83. The Labute approximate surface area is 169 Å². The van der Waals surface area contributed by atoms with Crippen LogP contribution in [0.2, 0.25) is 20.1 Å². The molecule has 0 atom stereocenters. The number of primary amides is 1. The van der Waals surface area contributed by atoms with Gasteiger partial charge >= 0.3 is 6.03 Å². The number of hydrogen-bond donors (Lipinski definition) is 1. The van der Waals surface area contributed by atoms with Crippen LogP contribution in [0.1, 0.15) is 11.1 Å². The molecule has 2 N–H and O–H groups in total. The van der Waals surface area contributed by atoms with Crippen molar-refractivity contribution in [1.29, 1.82) is 0 Å². The number of benzene rings is 2. The summed E-state index contributed by atoms with van der Waals surface area (Å²) >= 11 is 24.1. The maximum atomic E-state index is 11.4. The predicted molar refractivity (Wildman–Crippen MR) is 102 cm³/mol. The Hall–Kier alpha value is -1.70. The van der Waals surface area contributed by atoms with Crippen molar-refractivity contribution in [3.8, 4) is 0 Å². The number of amides is 2. The van der Waals surface area contributed by atoms with Gasteiger partial charge in [-0.15, -0.1) is 0 Å². The highest BCUT2D eigenvalue weighted by molar-refractivity contribution is 6.36. The van der Waals surface area contributed by atoms with Crippen LogP contribution in [0.4, 0.5) is 4.79 Å². The van der Waals surface area contributed by atoms with E-state index in [1.54, 1.807) is 36.4 Å². The Morgan fingerprint density at radius 2 is 1.42 bits per heavy atom. The standard InChI is InChI=1S/C16H13Cl4N3O3/c17-12-3-1-4-13(18)10(12)7-25-22-9-23(16(21)24)26-8-11-14(19)5-2-6-15(11)20/h1-6,9H,7-8H2,(H2,21,24)/b22-9+. The van der Waals surface area contributed by atoms with Crippen LogP contribution in [-0.4, -0.2) is 17.4 Å². The van der Waals surface area contributed by atoms with E-state index >= 15 is 0 Å². The molecule has 2 aromatic carbocycles. The van der Waals surface area contributed by atoms with E-state index in [0.29, 0.717) is 36.3 Å². The van der Waals surface area contributed by atoms with Gasteiger partial charge in [-0.05, 0) is 24.3 Å². The minimum absolute atomic E-state index is 0.00203. The Morgan fingerprint density at radius 1 is 0.962 bits per heavy atom. The first kappa shape index (κ1) is 20.6. The first-order chi connectivity index (χ1) is 12.4. The summed E-state index contributed by atoms with van der Waals surface area (Å²) in [6.45, 7) is -0.0955. The topological polar surface area (TPSA) is 77.2 Å². The zero-order valence-corrected chi connectivity index (χ0v) is 16.2.